The van der Waals surface area contributed by atoms with Gasteiger partial charge in [0.25, 0.3) is 0 Å². The van der Waals surface area contributed by atoms with Crippen LogP contribution in [0.15, 0.2) is 40.9 Å². The fourth-order valence-corrected chi connectivity index (χ4v) is 2.30. The molecule has 2 heteroatoms. The summed E-state index contributed by atoms with van der Waals surface area (Å²) in [7, 11) is 0. The van der Waals surface area contributed by atoms with Gasteiger partial charge in [0.05, 0.1) is 0 Å². The normalized spacial score (nSPS) is 15.6. The van der Waals surface area contributed by atoms with Gasteiger partial charge in [0.1, 0.15) is 0 Å². The topological polar surface area (TPSA) is 12.0 Å². The van der Waals surface area contributed by atoms with Crippen LogP contribution in [0.5, 0.6) is 0 Å². The summed E-state index contributed by atoms with van der Waals surface area (Å²) in [6.07, 6.45) is 2.70. The fourth-order valence-electron chi connectivity index (χ4n) is 1.93. The van der Waals surface area contributed by atoms with Crippen molar-refractivity contribution in [3.8, 4) is 0 Å². The quantitative estimate of drug-likeness (QED) is 0.897. The molecule has 0 aliphatic heterocycles. The Bertz CT molecular complexity index is 517. The number of halogens is 1. The van der Waals surface area contributed by atoms with E-state index in [1.165, 1.54) is 29.2 Å². The lowest BCUT2D eigenvalue weighted by molar-refractivity contribution is 0.688. The predicted octanol–water partition coefficient (Wildman–Crippen LogP) is 3.85. The third-order valence-electron chi connectivity index (χ3n) is 3.04. The first-order chi connectivity index (χ1) is 7.81. The van der Waals surface area contributed by atoms with Crippen molar-refractivity contribution in [1.29, 1.82) is 0 Å². The molecule has 2 aromatic carbocycles. The number of hydrogen-bond donors (Lipinski definition) is 1. The van der Waals surface area contributed by atoms with E-state index in [1.54, 1.807) is 0 Å². The molecule has 0 aromatic heterocycles. The summed E-state index contributed by atoms with van der Waals surface area (Å²) in [6, 6.07) is 13.9. The molecule has 1 aliphatic rings. The minimum atomic E-state index is 0.778. The number of fused-ring (bicyclic) bond motifs is 1. The first kappa shape index (κ1) is 10.3. The molecule has 1 fully saturated rings. The van der Waals surface area contributed by atoms with E-state index in [1.807, 2.05) is 0 Å². The van der Waals surface area contributed by atoms with Crippen LogP contribution in [-0.2, 0) is 6.54 Å². The molecule has 0 bridgehead atoms. The van der Waals surface area contributed by atoms with Gasteiger partial charge >= 0.3 is 0 Å². The van der Waals surface area contributed by atoms with Gasteiger partial charge in [-0.25, -0.2) is 0 Å². The smallest absolute Gasteiger partial charge is 0.0208 e. The molecule has 1 N–H and O–H groups in total. The van der Waals surface area contributed by atoms with Crippen LogP contribution in [0.1, 0.15) is 18.4 Å². The summed E-state index contributed by atoms with van der Waals surface area (Å²) in [5.74, 6) is 0. The van der Waals surface area contributed by atoms with Crippen molar-refractivity contribution in [2.24, 2.45) is 0 Å². The summed E-state index contributed by atoms with van der Waals surface area (Å²) in [6.45, 7) is 0.997. The van der Waals surface area contributed by atoms with Crippen molar-refractivity contribution < 1.29 is 0 Å². The summed E-state index contributed by atoms with van der Waals surface area (Å²) < 4.78 is 1.14. The van der Waals surface area contributed by atoms with E-state index in [0.717, 1.165) is 17.1 Å². The number of benzene rings is 2. The highest BCUT2D eigenvalue weighted by molar-refractivity contribution is 9.10. The van der Waals surface area contributed by atoms with Crippen LogP contribution >= 0.6 is 15.9 Å². The Labute approximate surface area is 104 Å². The highest BCUT2D eigenvalue weighted by atomic mass is 79.9. The largest absolute Gasteiger partial charge is 0.310 e. The average Bonchev–Trinajstić information content (AvgIpc) is 3.10. The molecule has 0 atom stereocenters. The van der Waals surface area contributed by atoms with Crippen molar-refractivity contribution in [3.05, 3.63) is 46.4 Å². The zero-order valence-corrected chi connectivity index (χ0v) is 10.6. The Kier molecular flexibility index (Phi) is 2.70. The Hall–Kier alpha value is -0.860. The third kappa shape index (κ3) is 2.28. The molecule has 1 saturated carbocycles. The maximum Gasteiger partial charge on any atom is 0.0208 e. The van der Waals surface area contributed by atoms with Crippen LogP contribution in [0.3, 0.4) is 0 Å². The molecular formula is C14H14BrN. The fraction of sp³-hybridized carbons (Fsp3) is 0.286. The molecule has 0 heterocycles. The van der Waals surface area contributed by atoms with E-state index < -0.39 is 0 Å². The number of hydrogen-bond acceptors (Lipinski definition) is 1. The average molecular weight is 276 g/mol. The van der Waals surface area contributed by atoms with Crippen molar-refractivity contribution in [2.45, 2.75) is 25.4 Å². The van der Waals surface area contributed by atoms with Crippen LogP contribution in [0.2, 0.25) is 0 Å². The molecule has 16 heavy (non-hydrogen) atoms. The van der Waals surface area contributed by atoms with E-state index >= 15 is 0 Å². The molecule has 3 rings (SSSR count). The summed E-state index contributed by atoms with van der Waals surface area (Å²) in [5, 5.41) is 6.15. The van der Waals surface area contributed by atoms with Crippen molar-refractivity contribution in [2.75, 3.05) is 0 Å². The third-order valence-corrected chi connectivity index (χ3v) is 3.53. The van der Waals surface area contributed by atoms with Crippen LogP contribution in [0, 0.1) is 0 Å². The Morgan fingerprint density at radius 2 is 1.81 bits per heavy atom. The van der Waals surface area contributed by atoms with Gasteiger partial charge in [-0.1, -0.05) is 34.1 Å². The van der Waals surface area contributed by atoms with Crippen LogP contribution in [0.25, 0.3) is 10.8 Å². The highest BCUT2D eigenvalue weighted by Gasteiger charge is 2.19. The lowest BCUT2D eigenvalue weighted by atomic mass is 10.1. The molecule has 82 valence electrons. The Balaban J connectivity index is 1.86. The number of rotatable bonds is 3. The molecule has 2 aromatic rings. The second-order valence-corrected chi connectivity index (χ2v) is 5.40. The maximum absolute atomic E-state index is 3.54. The van der Waals surface area contributed by atoms with E-state index in [4.69, 9.17) is 0 Å². The monoisotopic (exact) mass is 275 g/mol. The van der Waals surface area contributed by atoms with Crippen LogP contribution < -0.4 is 5.32 Å². The van der Waals surface area contributed by atoms with Gasteiger partial charge in [0.15, 0.2) is 0 Å². The summed E-state index contributed by atoms with van der Waals surface area (Å²) in [5.41, 5.74) is 1.38. The minimum absolute atomic E-state index is 0.778. The molecule has 1 nitrogen and oxygen atoms in total. The molecule has 0 radical (unpaired) electrons. The molecular weight excluding hydrogens is 262 g/mol. The van der Waals surface area contributed by atoms with Gasteiger partial charge in [-0.15, -0.1) is 0 Å². The van der Waals surface area contributed by atoms with Gasteiger partial charge in [0, 0.05) is 17.1 Å². The Morgan fingerprint density at radius 3 is 2.62 bits per heavy atom. The maximum atomic E-state index is 3.54. The lowest BCUT2D eigenvalue weighted by Gasteiger charge is -2.05. The van der Waals surface area contributed by atoms with Gasteiger partial charge in [-0.05, 0) is 47.4 Å². The first-order valence-electron chi connectivity index (χ1n) is 5.73. The zero-order valence-electron chi connectivity index (χ0n) is 9.04. The van der Waals surface area contributed by atoms with Gasteiger partial charge in [0.2, 0.25) is 0 Å². The summed E-state index contributed by atoms with van der Waals surface area (Å²) in [4.78, 5) is 0. The predicted molar refractivity (Wildman–Crippen MR) is 71.5 cm³/mol. The van der Waals surface area contributed by atoms with Crippen molar-refractivity contribution in [3.63, 3.8) is 0 Å². The zero-order chi connectivity index (χ0) is 11.0. The summed E-state index contributed by atoms with van der Waals surface area (Å²) >= 11 is 3.50. The first-order valence-corrected chi connectivity index (χ1v) is 6.52. The van der Waals surface area contributed by atoms with Crippen LogP contribution in [0.4, 0.5) is 0 Å². The van der Waals surface area contributed by atoms with E-state index in [0.29, 0.717) is 0 Å². The number of nitrogens with one attached hydrogen (secondary N) is 1. The van der Waals surface area contributed by atoms with Crippen molar-refractivity contribution >= 4 is 26.7 Å². The van der Waals surface area contributed by atoms with Crippen LogP contribution in [-0.4, -0.2) is 6.04 Å². The molecule has 0 spiro atoms. The molecule has 0 unspecified atom stereocenters. The molecule has 0 amide bonds. The molecule has 1 aliphatic carbocycles. The second-order valence-electron chi connectivity index (χ2n) is 4.48. The van der Waals surface area contributed by atoms with Crippen molar-refractivity contribution in [1.82, 2.24) is 5.32 Å². The van der Waals surface area contributed by atoms with Gasteiger partial charge < -0.3 is 5.32 Å². The Morgan fingerprint density at radius 1 is 1.06 bits per heavy atom. The second kappa shape index (κ2) is 4.19. The van der Waals surface area contributed by atoms with E-state index in [2.05, 4.69) is 57.6 Å². The standard InChI is InChI=1S/C14H14BrN/c15-13-4-3-11-7-10(1-2-12(11)8-13)9-16-14-5-6-14/h1-4,7-8,14,16H,5-6,9H2. The van der Waals surface area contributed by atoms with Gasteiger partial charge in [-0.2, -0.15) is 0 Å². The molecule has 0 saturated heterocycles. The van der Waals surface area contributed by atoms with E-state index in [9.17, 15) is 0 Å². The highest BCUT2D eigenvalue weighted by Crippen LogP contribution is 2.22. The van der Waals surface area contributed by atoms with E-state index in [-0.39, 0.29) is 0 Å². The minimum Gasteiger partial charge on any atom is -0.310 e. The SMILES string of the molecule is Brc1ccc2cc(CNC3CC3)ccc2c1. The lowest BCUT2D eigenvalue weighted by Crippen LogP contribution is -2.15. The van der Waals surface area contributed by atoms with Gasteiger partial charge in [-0.3, -0.25) is 0 Å².